The molecule has 0 aromatic heterocycles. The molecule has 5 nitrogen and oxygen atoms in total. The van der Waals surface area contributed by atoms with Crippen molar-refractivity contribution in [1.82, 2.24) is 5.32 Å². The minimum absolute atomic E-state index is 0.340. The number of benzene rings is 4. The highest BCUT2D eigenvalue weighted by atomic mass is 32.2. The fourth-order valence-electron chi connectivity index (χ4n) is 3.78. The Bertz CT molecular complexity index is 1520. The van der Waals surface area contributed by atoms with Crippen LogP contribution in [0.2, 0.25) is 0 Å². The summed E-state index contributed by atoms with van der Waals surface area (Å²) >= 11 is 0. The van der Waals surface area contributed by atoms with Gasteiger partial charge in [-0.1, -0.05) is 77.7 Å². The zero-order valence-electron chi connectivity index (χ0n) is 22.5. The Hall–Kier alpha value is -3.26. The van der Waals surface area contributed by atoms with Crippen molar-refractivity contribution in [2.75, 3.05) is 6.54 Å². The third-order valence-electron chi connectivity index (χ3n) is 6.06. The van der Waals surface area contributed by atoms with E-state index in [1.807, 2.05) is 58.9 Å². The van der Waals surface area contributed by atoms with E-state index >= 15 is 0 Å². The number of rotatable bonds is 7. The molecule has 4 rings (SSSR count). The zero-order chi connectivity index (χ0) is 27.9. The molecule has 0 heterocycles. The number of hydrogen-bond acceptors (Lipinski definition) is 5. The van der Waals surface area contributed by atoms with Crippen LogP contribution in [-0.4, -0.2) is 23.4 Å². The molecule has 0 fully saturated rings. The van der Waals surface area contributed by atoms with Crippen LogP contribution in [0.5, 0.6) is 0 Å². The summed E-state index contributed by atoms with van der Waals surface area (Å²) in [6.07, 6.45) is 0. The molecule has 0 saturated carbocycles. The Morgan fingerprint density at radius 3 is 1.29 bits per heavy atom. The Morgan fingerprint density at radius 2 is 0.895 bits per heavy atom. The van der Waals surface area contributed by atoms with Gasteiger partial charge in [-0.15, -0.1) is 0 Å². The van der Waals surface area contributed by atoms with Gasteiger partial charge in [0.2, 0.25) is 19.7 Å². The van der Waals surface area contributed by atoms with Crippen LogP contribution in [0.25, 0.3) is 0 Å². The van der Waals surface area contributed by atoms with Crippen LogP contribution < -0.4 is 5.32 Å². The van der Waals surface area contributed by atoms with Crippen molar-refractivity contribution < 1.29 is 16.8 Å². The van der Waals surface area contributed by atoms with Crippen molar-refractivity contribution in [1.29, 1.82) is 0 Å². The average Bonchev–Trinajstić information content (AvgIpc) is 2.88. The molecule has 0 spiro atoms. The molecule has 200 valence electrons. The number of nitrogens with one attached hydrogen (secondary N) is 1. The summed E-state index contributed by atoms with van der Waals surface area (Å²) in [4.78, 5) is 1.41. The van der Waals surface area contributed by atoms with E-state index in [9.17, 15) is 16.8 Å². The summed E-state index contributed by atoms with van der Waals surface area (Å²) in [5.74, 6) is 0. The molecule has 0 atom stereocenters. The summed E-state index contributed by atoms with van der Waals surface area (Å²) in [7, 11) is -6.85. The van der Waals surface area contributed by atoms with Gasteiger partial charge in [0.25, 0.3) is 0 Å². The van der Waals surface area contributed by atoms with Crippen molar-refractivity contribution >= 4 is 19.7 Å². The Balaban J connectivity index is 0.000000215. The summed E-state index contributed by atoms with van der Waals surface area (Å²) in [5.41, 5.74) is 5.02. The fraction of sp³-hybridized carbons (Fsp3) is 0.226. The Labute approximate surface area is 227 Å². The van der Waals surface area contributed by atoms with Gasteiger partial charge in [-0.25, -0.2) is 16.8 Å². The predicted molar refractivity (Wildman–Crippen MR) is 153 cm³/mol. The molecular formula is C31H35NO4S2. The van der Waals surface area contributed by atoms with Crippen LogP contribution >= 0.6 is 0 Å². The topological polar surface area (TPSA) is 80.3 Å². The summed E-state index contributed by atoms with van der Waals surface area (Å²) in [6.45, 7) is 11.1. The van der Waals surface area contributed by atoms with Crippen LogP contribution in [0.4, 0.5) is 0 Å². The van der Waals surface area contributed by atoms with Crippen molar-refractivity contribution in [3.8, 4) is 0 Å². The number of hydrogen-bond donors (Lipinski definition) is 1. The first kappa shape index (κ1) is 29.3. The SMILES string of the molecule is CCNCc1cc(C)ccc1S(=O)(=O)c1ccc(C)cc1.Cc1ccc(S(=O)(=O)c2ccc(C)cc2)cc1. The first-order chi connectivity index (χ1) is 17.9. The molecule has 0 amide bonds. The molecule has 0 bridgehead atoms. The monoisotopic (exact) mass is 549 g/mol. The molecule has 0 aliphatic heterocycles. The Morgan fingerprint density at radius 1 is 0.526 bits per heavy atom. The second-order valence-electron chi connectivity index (χ2n) is 9.34. The van der Waals surface area contributed by atoms with Gasteiger partial charge in [0.15, 0.2) is 0 Å². The smallest absolute Gasteiger partial charge is 0.206 e. The van der Waals surface area contributed by atoms with E-state index in [4.69, 9.17) is 0 Å². The van der Waals surface area contributed by atoms with Gasteiger partial charge in [-0.2, -0.15) is 0 Å². The zero-order valence-corrected chi connectivity index (χ0v) is 24.2. The van der Waals surface area contributed by atoms with Gasteiger partial charge >= 0.3 is 0 Å². The molecule has 0 unspecified atom stereocenters. The maximum absolute atomic E-state index is 12.8. The van der Waals surface area contributed by atoms with E-state index < -0.39 is 19.7 Å². The second kappa shape index (κ2) is 12.5. The molecule has 4 aromatic rings. The highest BCUT2D eigenvalue weighted by Crippen LogP contribution is 2.25. The molecule has 0 aliphatic rings. The number of sulfone groups is 2. The van der Waals surface area contributed by atoms with E-state index in [1.165, 1.54) is 0 Å². The summed E-state index contributed by atoms with van der Waals surface area (Å²) in [5, 5.41) is 3.20. The second-order valence-corrected chi connectivity index (χ2v) is 13.2. The van der Waals surface area contributed by atoms with Gasteiger partial charge in [0.05, 0.1) is 19.6 Å². The highest BCUT2D eigenvalue weighted by molar-refractivity contribution is 7.91. The van der Waals surface area contributed by atoms with E-state index in [2.05, 4.69) is 5.32 Å². The molecule has 0 saturated heterocycles. The first-order valence-corrected chi connectivity index (χ1v) is 15.4. The average molecular weight is 550 g/mol. The van der Waals surface area contributed by atoms with E-state index in [0.717, 1.165) is 34.4 Å². The third kappa shape index (κ3) is 7.19. The molecule has 38 heavy (non-hydrogen) atoms. The van der Waals surface area contributed by atoms with Crippen LogP contribution in [0.1, 0.15) is 34.7 Å². The van der Waals surface area contributed by atoms with Gasteiger partial charge in [-0.3, -0.25) is 0 Å². The van der Waals surface area contributed by atoms with Gasteiger partial charge in [0.1, 0.15) is 0 Å². The minimum Gasteiger partial charge on any atom is -0.313 e. The molecule has 7 heteroatoms. The van der Waals surface area contributed by atoms with E-state index in [1.54, 1.807) is 66.7 Å². The van der Waals surface area contributed by atoms with Crippen LogP contribution in [-0.2, 0) is 26.2 Å². The van der Waals surface area contributed by atoms with Crippen molar-refractivity contribution in [2.45, 2.75) is 60.7 Å². The lowest BCUT2D eigenvalue weighted by Crippen LogP contribution is -2.15. The first-order valence-electron chi connectivity index (χ1n) is 12.5. The normalized spacial score (nSPS) is 11.5. The van der Waals surface area contributed by atoms with Crippen molar-refractivity contribution in [3.63, 3.8) is 0 Å². The quantitative estimate of drug-likeness (QED) is 0.289. The highest BCUT2D eigenvalue weighted by Gasteiger charge is 2.21. The predicted octanol–water partition coefficient (Wildman–Crippen LogP) is 6.38. The summed E-state index contributed by atoms with van der Waals surface area (Å²) < 4.78 is 50.1. The van der Waals surface area contributed by atoms with Crippen LogP contribution in [0.15, 0.2) is 111 Å². The van der Waals surface area contributed by atoms with Crippen LogP contribution in [0, 0.1) is 27.7 Å². The fourth-order valence-corrected chi connectivity index (χ4v) is 6.52. The standard InChI is InChI=1S/C17H21NO2S.C14H14O2S/c1-4-18-12-15-11-14(3)7-10-17(15)21(19,20)16-8-5-13(2)6-9-16;1-11-3-7-13(8-4-11)17(15,16)14-9-5-12(2)6-10-14/h5-11,18H,4,12H2,1-3H3;3-10H,1-2H3. The van der Waals surface area contributed by atoms with Crippen molar-refractivity contribution in [3.05, 3.63) is 119 Å². The Kier molecular flexibility index (Phi) is 9.66. The molecular weight excluding hydrogens is 514 g/mol. The van der Waals surface area contributed by atoms with E-state index in [0.29, 0.717) is 26.1 Å². The molecule has 1 N–H and O–H groups in total. The lowest BCUT2D eigenvalue weighted by Gasteiger charge is -2.12. The van der Waals surface area contributed by atoms with E-state index in [-0.39, 0.29) is 0 Å². The third-order valence-corrected chi connectivity index (χ3v) is 9.72. The van der Waals surface area contributed by atoms with Crippen LogP contribution in [0.3, 0.4) is 0 Å². The van der Waals surface area contributed by atoms with Gasteiger partial charge in [-0.05, 0) is 82.3 Å². The molecule has 0 aliphatic carbocycles. The molecule has 4 aromatic carbocycles. The lowest BCUT2D eigenvalue weighted by atomic mass is 10.1. The van der Waals surface area contributed by atoms with Gasteiger partial charge < -0.3 is 5.32 Å². The van der Waals surface area contributed by atoms with Crippen molar-refractivity contribution in [2.24, 2.45) is 0 Å². The lowest BCUT2D eigenvalue weighted by molar-refractivity contribution is 0.592. The maximum Gasteiger partial charge on any atom is 0.206 e. The number of aryl methyl sites for hydroxylation is 4. The maximum atomic E-state index is 12.8. The minimum atomic E-state index is -3.47. The largest absolute Gasteiger partial charge is 0.313 e. The summed E-state index contributed by atoms with van der Waals surface area (Å²) in [6, 6.07) is 26.3. The molecule has 0 radical (unpaired) electrons. The van der Waals surface area contributed by atoms with Gasteiger partial charge in [0, 0.05) is 6.54 Å².